The van der Waals surface area contributed by atoms with Gasteiger partial charge in [-0.3, -0.25) is 4.99 Å². The Morgan fingerprint density at radius 3 is 2.76 bits per heavy atom. The van der Waals surface area contributed by atoms with E-state index in [4.69, 9.17) is 4.74 Å². The van der Waals surface area contributed by atoms with Crippen LogP contribution in [-0.4, -0.2) is 74.0 Å². The van der Waals surface area contributed by atoms with Crippen LogP contribution < -0.4 is 10.6 Å². The molecule has 148 valence electrons. The van der Waals surface area contributed by atoms with Crippen LogP contribution in [0.2, 0.25) is 0 Å². The first-order valence-electron chi connectivity index (χ1n) is 10.0. The van der Waals surface area contributed by atoms with Gasteiger partial charge in [0.2, 0.25) is 0 Å². The zero-order chi connectivity index (χ0) is 18.5. The average molecular weight is 357 g/mol. The molecule has 0 amide bonds. The number of nitrogens with zero attached hydrogens (tertiary/aromatic N) is 2. The molecule has 0 aromatic carbocycles. The van der Waals surface area contributed by atoms with Gasteiger partial charge in [0.25, 0.3) is 0 Å². The van der Waals surface area contributed by atoms with Crippen molar-refractivity contribution >= 4 is 5.96 Å². The first-order chi connectivity index (χ1) is 12.0. The van der Waals surface area contributed by atoms with Crippen LogP contribution in [0.1, 0.15) is 53.4 Å². The molecule has 6 nitrogen and oxygen atoms in total. The Hall–Kier alpha value is -0.850. The second-order valence-electron chi connectivity index (χ2n) is 7.47. The van der Waals surface area contributed by atoms with E-state index in [1.54, 1.807) is 0 Å². The fourth-order valence-corrected chi connectivity index (χ4v) is 3.01. The minimum absolute atomic E-state index is 0.341. The van der Waals surface area contributed by atoms with Crippen molar-refractivity contribution in [3.63, 3.8) is 0 Å². The summed E-state index contributed by atoms with van der Waals surface area (Å²) in [6.07, 6.45) is 4.58. The smallest absolute Gasteiger partial charge is 0.191 e. The molecule has 1 saturated heterocycles. The van der Waals surface area contributed by atoms with Crippen molar-refractivity contribution in [2.24, 2.45) is 10.9 Å². The van der Waals surface area contributed by atoms with E-state index in [0.717, 1.165) is 38.1 Å². The quantitative estimate of drug-likeness (QED) is 0.299. The number of rotatable bonds is 11. The molecule has 2 atom stereocenters. The Morgan fingerprint density at radius 1 is 1.28 bits per heavy atom. The van der Waals surface area contributed by atoms with Crippen molar-refractivity contribution in [2.75, 3.05) is 45.9 Å². The van der Waals surface area contributed by atoms with Crippen molar-refractivity contribution in [1.29, 1.82) is 0 Å². The molecule has 0 saturated carbocycles. The predicted molar refractivity (Wildman–Crippen MR) is 105 cm³/mol. The number of nitrogens with one attached hydrogen (secondary N) is 2. The maximum Gasteiger partial charge on any atom is 0.191 e. The Morgan fingerprint density at radius 2 is 2.08 bits per heavy atom. The maximum atomic E-state index is 9.96. The van der Waals surface area contributed by atoms with Crippen LogP contribution in [0.15, 0.2) is 4.99 Å². The van der Waals surface area contributed by atoms with Crippen LogP contribution in [0.3, 0.4) is 0 Å². The fraction of sp³-hybridized carbons (Fsp3) is 0.947. The van der Waals surface area contributed by atoms with Gasteiger partial charge in [-0.05, 0) is 45.6 Å². The van der Waals surface area contributed by atoms with Crippen LogP contribution in [0, 0.1) is 5.92 Å². The lowest BCUT2D eigenvalue weighted by molar-refractivity contribution is 0.0301. The molecule has 25 heavy (non-hydrogen) atoms. The molecule has 0 aromatic rings. The molecule has 6 heteroatoms. The van der Waals surface area contributed by atoms with E-state index < -0.39 is 6.10 Å². The van der Waals surface area contributed by atoms with Crippen molar-refractivity contribution in [3.8, 4) is 0 Å². The summed E-state index contributed by atoms with van der Waals surface area (Å²) in [7, 11) is 0. The third-order valence-corrected chi connectivity index (χ3v) is 4.42. The lowest BCUT2D eigenvalue weighted by Gasteiger charge is -2.33. The summed E-state index contributed by atoms with van der Waals surface area (Å²) < 4.78 is 5.46. The Labute approximate surface area is 154 Å². The van der Waals surface area contributed by atoms with E-state index in [1.807, 2.05) is 0 Å². The second-order valence-corrected chi connectivity index (χ2v) is 7.47. The number of hydrogen-bond acceptors (Lipinski definition) is 4. The van der Waals surface area contributed by atoms with Gasteiger partial charge >= 0.3 is 0 Å². The molecular weight excluding hydrogens is 316 g/mol. The summed E-state index contributed by atoms with van der Waals surface area (Å²) in [5, 5.41) is 16.6. The summed E-state index contributed by atoms with van der Waals surface area (Å²) >= 11 is 0. The monoisotopic (exact) mass is 356 g/mol. The van der Waals surface area contributed by atoms with Gasteiger partial charge in [-0.25, -0.2) is 0 Å². The van der Waals surface area contributed by atoms with E-state index in [9.17, 15) is 5.11 Å². The zero-order valence-corrected chi connectivity index (χ0v) is 16.8. The number of aliphatic imine (C=N–C) groups is 1. The highest BCUT2D eigenvalue weighted by Gasteiger charge is 2.17. The van der Waals surface area contributed by atoms with E-state index in [0.29, 0.717) is 25.7 Å². The highest BCUT2D eigenvalue weighted by Crippen LogP contribution is 2.15. The van der Waals surface area contributed by atoms with Gasteiger partial charge < -0.3 is 25.4 Å². The molecule has 3 N–H and O–H groups in total. The number of hydrogen-bond donors (Lipinski definition) is 3. The largest absolute Gasteiger partial charge is 0.389 e. The van der Waals surface area contributed by atoms with E-state index in [2.05, 4.69) is 48.2 Å². The lowest BCUT2D eigenvalue weighted by atomic mass is 10.0. The van der Waals surface area contributed by atoms with Crippen LogP contribution in [-0.2, 0) is 4.74 Å². The maximum absolute atomic E-state index is 9.96. The molecular formula is C19H40N4O2. The normalized spacial score (nSPS) is 20.7. The lowest BCUT2D eigenvalue weighted by Crippen LogP contribution is -2.41. The molecule has 1 aliphatic heterocycles. The molecule has 1 heterocycles. The first-order valence-corrected chi connectivity index (χ1v) is 10.0. The van der Waals surface area contributed by atoms with Gasteiger partial charge in [0, 0.05) is 32.3 Å². The van der Waals surface area contributed by atoms with Gasteiger partial charge in [-0.1, -0.05) is 20.3 Å². The Bertz CT molecular complexity index is 363. The van der Waals surface area contributed by atoms with Gasteiger partial charge in [0.15, 0.2) is 5.96 Å². The molecule has 2 unspecified atom stereocenters. The minimum atomic E-state index is -0.552. The van der Waals surface area contributed by atoms with Crippen LogP contribution >= 0.6 is 0 Å². The molecule has 0 radical (unpaired) electrons. The van der Waals surface area contributed by atoms with Crippen molar-refractivity contribution < 1.29 is 9.84 Å². The van der Waals surface area contributed by atoms with E-state index in [1.165, 1.54) is 25.8 Å². The van der Waals surface area contributed by atoms with Crippen molar-refractivity contribution in [1.82, 2.24) is 15.5 Å². The third kappa shape index (κ3) is 10.7. The standard InChI is InChI=1S/C19H40N4O2/c1-5-20-19(22-13-18(24)15-25-14-16(2)3)21-10-8-12-23-11-7-6-9-17(23)4/h16-18,24H,5-15H2,1-4H3,(H2,20,21,22). The van der Waals surface area contributed by atoms with Gasteiger partial charge in [-0.15, -0.1) is 0 Å². The fourth-order valence-electron chi connectivity index (χ4n) is 3.01. The Balaban J connectivity index is 2.23. The number of piperidine rings is 1. The molecule has 0 aliphatic carbocycles. The van der Waals surface area contributed by atoms with Crippen molar-refractivity contribution in [2.45, 2.75) is 65.5 Å². The summed E-state index contributed by atoms with van der Waals surface area (Å²) in [6.45, 7) is 14.0. The number of aliphatic hydroxyl groups is 1. The second kappa shape index (κ2) is 13.4. The van der Waals surface area contributed by atoms with E-state index >= 15 is 0 Å². The summed E-state index contributed by atoms with van der Waals surface area (Å²) in [5.41, 5.74) is 0. The van der Waals surface area contributed by atoms with Gasteiger partial charge in [0.1, 0.15) is 0 Å². The molecule has 0 aromatic heterocycles. The zero-order valence-electron chi connectivity index (χ0n) is 16.8. The topological polar surface area (TPSA) is 69.1 Å². The number of ether oxygens (including phenoxy) is 1. The van der Waals surface area contributed by atoms with Gasteiger partial charge in [-0.2, -0.15) is 0 Å². The van der Waals surface area contributed by atoms with Crippen LogP contribution in [0.5, 0.6) is 0 Å². The number of likely N-dealkylation sites (tertiary alicyclic amines) is 1. The third-order valence-electron chi connectivity index (χ3n) is 4.42. The number of aliphatic hydroxyl groups excluding tert-OH is 1. The highest BCUT2D eigenvalue weighted by atomic mass is 16.5. The molecule has 1 rings (SSSR count). The van der Waals surface area contributed by atoms with Gasteiger partial charge in [0.05, 0.1) is 19.3 Å². The minimum Gasteiger partial charge on any atom is -0.389 e. The summed E-state index contributed by atoms with van der Waals surface area (Å²) in [6, 6.07) is 0.719. The first kappa shape index (κ1) is 22.2. The number of guanidine groups is 1. The van der Waals surface area contributed by atoms with Crippen LogP contribution in [0.25, 0.3) is 0 Å². The van der Waals surface area contributed by atoms with Crippen LogP contribution in [0.4, 0.5) is 0 Å². The SMILES string of the molecule is CCNC(=NCC(O)COCC(C)C)NCCCN1CCCCC1C. The average Bonchev–Trinajstić information content (AvgIpc) is 2.57. The molecule has 1 fully saturated rings. The molecule has 0 spiro atoms. The summed E-state index contributed by atoms with van der Waals surface area (Å²) in [4.78, 5) is 7.05. The highest BCUT2D eigenvalue weighted by molar-refractivity contribution is 5.79. The molecule has 1 aliphatic rings. The Kier molecular flexibility index (Phi) is 11.9. The summed E-state index contributed by atoms with van der Waals surface area (Å²) in [5.74, 6) is 1.26. The van der Waals surface area contributed by atoms with E-state index in [-0.39, 0.29) is 0 Å². The van der Waals surface area contributed by atoms with Crippen molar-refractivity contribution in [3.05, 3.63) is 0 Å². The molecule has 0 bridgehead atoms. The predicted octanol–water partition coefficient (Wildman–Crippen LogP) is 1.84.